The van der Waals surface area contributed by atoms with Gasteiger partial charge in [0.15, 0.2) is 0 Å². The Bertz CT molecular complexity index is 339. The monoisotopic (exact) mass is 197 g/mol. The van der Waals surface area contributed by atoms with Crippen LogP contribution in [0.5, 0.6) is 0 Å². The van der Waals surface area contributed by atoms with E-state index in [1.165, 1.54) is 12.1 Å². The van der Waals surface area contributed by atoms with E-state index in [1.807, 2.05) is 0 Å². The van der Waals surface area contributed by atoms with Crippen molar-refractivity contribution in [2.24, 2.45) is 5.73 Å². The summed E-state index contributed by atoms with van der Waals surface area (Å²) in [6.45, 7) is 0.0727. The highest BCUT2D eigenvalue weighted by atomic mass is 19.1. The first kappa shape index (κ1) is 10.7. The van der Waals surface area contributed by atoms with E-state index in [-0.39, 0.29) is 12.2 Å². The molecule has 0 atom stereocenters. The zero-order valence-electron chi connectivity index (χ0n) is 7.66. The van der Waals surface area contributed by atoms with Crippen molar-refractivity contribution in [3.05, 3.63) is 35.1 Å². The molecule has 0 aliphatic rings. The number of aliphatic hydroxyl groups excluding tert-OH is 1. The predicted octanol–water partition coefficient (Wildman–Crippen LogP) is 0.850. The van der Waals surface area contributed by atoms with Crippen LogP contribution < -0.4 is 5.73 Å². The van der Waals surface area contributed by atoms with E-state index >= 15 is 0 Å². The first-order valence-electron chi connectivity index (χ1n) is 4.34. The second-order valence-electron chi connectivity index (χ2n) is 3.01. The summed E-state index contributed by atoms with van der Waals surface area (Å²) < 4.78 is 13.0. The lowest BCUT2D eigenvalue weighted by Gasteiger charge is -2.02. The molecule has 14 heavy (non-hydrogen) atoms. The minimum atomic E-state index is -0.770. The number of aliphatic hydroxyl groups is 1. The molecule has 0 aromatic heterocycles. The summed E-state index contributed by atoms with van der Waals surface area (Å²) in [5, 5.41) is 8.59. The van der Waals surface area contributed by atoms with E-state index in [0.717, 1.165) is 5.56 Å². The van der Waals surface area contributed by atoms with Gasteiger partial charge in [0.25, 0.3) is 5.91 Å². The van der Waals surface area contributed by atoms with Crippen molar-refractivity contribution in [1.82, 2.24) is 0 Å². The lowest BCUT2D eigenvalue weighted by Crippen LogP contribution is -2.13. The first-order valence-corrected chi connectivity index (χ1v) is 4.34. The normalized spacial score (nSPS) is 10.1. The molecule has 1 rings (SSSR count). The largest absolute Gasteiger partial charge is 0.396 e. The van der Waals surface area contributed by atoms with Gasteiger partial charge in [0, 0.05) is 6.61 Å². The Labute approximate surface area is 81.4 Å². The maximum atomic E-state index is 13.0. The van der Waals surface area contributed by atoms with Crippen molar-refractivity contribution in [3.8, 4) is 0 Å². The molecule has 0 unspecified atom stereocenters. The molecule has 0 heterocycles. The standard InChI is InChI=1S/C10H12FNO2/c11-9-4-3-7(2-1-5-13)6-8(9)10(12)14/h3-4,6,13H,1-2,5H2,(H2,12,14). The van der Waals surface area contributed by atoms with Crippen molar-refractivity contribution in [2.45, 2.75) is 12.8 Å². The third kappa shape index (κ3) is 2.53. The Morgan fingerprint density at radius 2 is 2.21 bits per heavy atom. The quantitative estimate of drug-likeness (QED) is 0.751. The maximum Gasteiger partial charge on any atom is 0.251 e. The van der Waals surface area contributed by atoms with Crippen LogP contribution in [0.3, 0.4) is 0 Å². The van der Waals surface area contributed by atoms with Gasteiger partial charge in [0.1, 0.15) is 5.82 Å². The Kier molecular flexibility index (Phi) is 3.59. The van der Waals surface area contributed by atoms with Gasteiger partial charge >= 0.3 is 0 Å². The molecule has 0 spiro atoms. The highest BCUT2D eigenvalue weighted by molar-refractivity contribution is 5.93. The molecule has 76 valence electrons. The van der Waals surface area contributed by atoms with Crippen LogP contribution in [0.15, 0.2) is 18.2 Å². The number of hydrogen-bond acceptors (Lipinski definition) is 2. The fourth-order valence-corrected chi connectivity index (χ4v) is 1.20. The van der Waals surface area contributed by atoms with Crippen molar-refractivity contribution < 1.29 is 14.3 Å². The molecular weight excluding hydrogens is 185 g/mol. The van der Waals surface area contributed by atoms with Gasteiger partial charge in [-0.25, -0.2) is 4.39 Å². The SMILES string of the molecule is NC(=O)c1cc(CCCO)ccc1F. The molecule has 0 saturated carbocycles. The zero-order valence-corrected chi connectivity index (χ0v) is 7.66. The summed E-state index contributed by atoms with van der Waals surface area (Å²) in [5.41, 5.74) is 5.69. The predicted molar refractivity (Wildman–Crippen MR) is 50.3 cm³/mol. The first-order chi connectivity index (χ1) is 6.65. The minimum absolute atomic E-state index is 0.0727. The van der Waals surface area contributed by atoms with Gasteiger partial charge in [-0.05, 0) is 30.5 Å². The maximum absolute atomic E-state index is 13.0. The molecule has 0 aliphatic heterocycles. The van der Waals surface area contributed by atoms with E-state index in [4.69, 9.17) is 10.8 Å². The van der Waals surface area contributed by atoms with Crippen LogP contribution in [0.1, 0.15) is 22.3 Å². The fourth-order valence-electron chi connectivity index (χ4n) is 1.20. The highest BCUT2D eigenvalue weighted by Crippen LogP contribution is 2.11. The smallest absolute Gasteiger partial charge is 0.251 e. The van der Waals surface area contributed by atoms with Crippen molar-refractivity contribution >= 4 is 5.91 Å². The number of rotatable bonds is 4. The highest BCUT2D eigenvalue weighted by Gasteiger charge is 2.08. The summed E-state index contributed by atoms with van der Waals surface area (Å²) >= 11 is 0. The molecule has 1 aromatic carbocycles. The Hall–Kier alpha value is -1.42. The van der Waals surface area contributed by atoms with Crippen molar-refractivity contribution in [1.29, 1.82) is 0 Å². The number of nitrogens with two attached hydrogens (primary N) is 1. The summed E-state index contributed by atoms with van der Waals surface area (Å²) in [5.74, 6) is -1.38. The molecule has 0 fully saturated rings. The molecule has 0 saturated heterocycles. The molecule has 0 radical (unpaired) electrons. The van der Waals surface area contributed by atoms with Crippen LogP contribution in [0.2, 0.25) is 0 Å². The number of primary amides is 1. The van der Waals surface area contributed by atoms with E-state index < -0.39 is 11.7 Å². The second kappa shape index (κ2) is 4.72. The van der Waals surface area contributed by atoms with Gasteiger partial charge in [0.05, 0.1) is 5.56 Å². The summed E-state index contributed by atoms with van der Waals surface area (Å²) in [6, 6.07) is 4.22. The van der Waals surface area contributed by atoms with Crippen LogP contribution in [-0.4, -0.2) is 17.6 Å². The third-order valence-electron chi connectivity index (χ3n) is 1.92. The number of aryl methyl sites for hydroxylation is 1. The second-order valence-corrected chi connectivity index (χ2v) is 3.01. The number of amides is 1. The van der Waals surface area contributed by atoms with E-state index in [9.17, 15) is 9.18 Å². The number of halogens is 1. The van der Waals surface area contributed by atoms with Crippen LogP contribution in [-0.2, 0) is 6.42 Å². The van der Waals surface area contributed by atoms with E-state index in [2.05, 4.69) is 0 Å². The lowest BCUT2D eigenvalue weighted by atomic mass is 10.1. The Morgan fingerprint density at radius 3 is 2.79 bits per heavy atom. The average Bonchev–Trinajstić information content (AvgIpc) is 2.16. The number of hydrogen-bond donors (Lipinski definition) is 2. The van der Waals surface area contributed by atoms with Gasteiger partial charge in [0.2, 0.25) is 0 Å². The number of carbonyl (C=O) groups is 1. The van der Waals surface area contributed by atoms with E-state index in [1.54, 1.807) is 6.07 Å². The van der Waals surface area contributed by atoms with Crippen molar-refractivity contribution in [2.75, 3.05) is 6.61 Å². The van der Waals surface area contributed by atoms with Gasteiger partial charge in [-0.2, -0.15) is 0 Å². The average molecular weight is 197 g/mol. The van der Waals surface area contributed by atoms with Crippen LogP contribution in [0.4, 0.5) is 4.39 Å². The zero-order chi connectivity index (χ0) is 10.6. The molecule has 3 nitrogen and oxygen atoms in total. The van der Waals surface area contributed by atoms with Crippen molar-refractivity contribution in [3.63, 3.8) is 0 Å². The number of carbonyl (C=O) groups excluding carboxylic acids is 1. The lowest BCUT2D eigenvalue weighted by molar-refractivity contribution is 0.0996. The van der Waals surface area contributed by atoms with Gasteiger partial charge in [-0.3, -0.25) is 4.79 Å². The molecule has 3 N–H and O–H groups in total. The topological polar surface area (TPSA) is 63.3 Å². The molecule has 1 aromatic rings. The molecule has 4 heteroatoms. The molecule has 0 aliphatic carbocycles. The summed E-state index contributed by atoms with van der Waals surface area (Å²) in [4.78, 5) is 10.8. The third-order valence-corrected chi connectivity index (χ3v) is 1.92. The Balaban J connectivity index is 2.89. The van der Waals surface area contributed by atoms with Crippen LogP contribution >= 0.6 is 0 Å². The summed E-state index contributed by atoms with van der Waals surface area (Å²) in [7, 11) is 0. The van der Waals surface area contributed by atoms with Crippen LogP contribution in [0.25, 0.3) is 0 Å². The van der Waals surface area contributed by atoms with Gasteiger partial charge in [-0.15, -0.1) is 0 Å². The number of benzene rings is 1. The summed E-state index contributed by atoms with van der Waals surface area (Å²) in [6.07, 6.45) is 1.20. The van der Waals surface area contributed by atoms with Gasteiger partial charge in [-0.1, -0.05) is 6.07 Å². The fraction of sp³-hybridized carbons (Fsp3) is 0.300. The molecular formula is C10H12FNO2. The minimum Gasteiger partial charge on any atom is -0.396 e. The Morgan fingerprint density at radius 1 is 1.50 bits per heavy atom. The molecule has 0 bridgehead atoms. The van der Waals surface area contributed by atoms with Gasteiger partial charge < -0.3 is 10.8 Å². The van der Waals surface area contributed by atoms with E-state index in [0.29, 0.717) is 12.8 Å². The molecule has 1 amide bonds. The van der Waals surface area contributed by atoms with Crippen LogP contribution in [0, 0.1) is 5.82 Å².